The molecule has 0 bridgehead atoms. The van der Waals surface area contributed by atoms with Crippen LogP contribution in [0, 0.1) is 5.92 Å². The summed E-state index contributed by atoms with van der Waals surface area (Å²) in [6, 6.07) is 0. The molecule has 4 nitrogen and oxygen atoms in total. The minimum Gasteiger partial charge on any atom is -0.480 e. The van der Waals surface area contributed by atoms with E-state index < -0.39 is 17.3 Å². The van der Waals surface area contributed by atoms with Crippen LogP contribution in [0.4, 0.5) is 0 Å². The monoisotopic (exact) mass is 173 g/mol. The lowest BCUT2D eigenvalue weighted by Gasteiger charge is -2.23. The Balaban J connectivity index is 4.63. The average Bonchev–Trinajstić information content (AvgIpc) is 1.84. The van der Waals surface area contributed by atoms with Crippen LogP contribution < -0.4 is 5.73 Å². The number of carboxylic acid groups (broad SMARTS) is 1. The van der Waals surface area contributed by atoms with Gasteiger partial charge in [-0.15, -0.1) is 0 Å². The fraction of sp³-hybridized carbons (Fsp3) is 0.750. The summed E-state index contributed by atoms with van der Waals surface area (Å²) in [5.41, 5.74) is 3.74. The Labute approximate surface area is 71.8 Å². The van der Waals surface area contributed by atoms with Crippen molar-refractivity contribution in [2.45, 2.75) is 32.7 Å². The molecule has 3 N–H and O–H groups in total. The standard InChI is InChI=1S/C8H15NO3/c1-5(2)4-8(9,6(3)10)7(11)12/h5H,4,9H2,1-3H3,(H,11,12)/t8-/m0/s1. The van der Waals surface area contributed by atoms with Gasteiger partial charge in [-0.3, -0.25) is 4.79 Å². The van der Waals surface area contributed by atoms with Gasteiger partial charge in [-0.05, 0) is 19.3 Å². The van der Waals surface area contributed by atoms with Crippen LogP contribution in [-0.2, 0) is 9.59 Å². The SMILES string of the molecule is CC(=O)[C@@](N)(CC(C)C)C(=O)O. The van der Waals surface area contributed by atoms with Crippen LogP contribution >= 0.6 is 0 Å². The summed E-state index contributed by atoms with van der Waals surface area (Å²) in [6.07, 6.45) is 0.178. The van der Waals surface area contributed by atoms with Gasteiger partial charge in [0, 0.05) is 0 Å². The molecule has 0 spiro atoms. The number of carbonyl (C=O) groups is 2. The maximum atomic E-state index is 10.9. The lowest BCUT2D eigenvalue weighted by Crippen LogP contribution is -2.54. The normalized spacial score (nSPS) is 15.8. The Bertz CT molecular complexity index is 184. The number of rotatable bonds is 4. The third-order valence-corrected chi connectivity index (χ3v) is 1.74. The van der Waals surface area contributed by atoms with Crippen LogP contribution in [0.1, 0.15) is 27.2 Å². The summed E-state index contributed by atoms with van der Waals surface area (Å²) in [6.45, 7) is 4.86. The molecule has 0 aliphatic rings. The van der Waals surface area contributed by atoms with Crippen molar-refractivity contribution in [2.24, 2.45) is 11.7 Å². The van der Waals surface area contributed by atoms with E-state index in [1.807, 2.05) is 13.8 Å². The minimum atomic E-state index is -1.70. The zero-order valence-corrected chi connectivity index (χ0v) is 7.63. The number of aliphatic carboxylic acids is 1. The van der Waals surface area contributed by atoms with Gasteiger partial charge in [0.05, 0.1) is 0 Å². The van der Waals surface area contributed by atoms with Gasteiger partial charge in [-0.2, -0.15) is 0 Å². The van der Waals surface area contributed by atoms with Crippen molar-refractivity contribution in [1.29, 1.82) is 0 Å². The Kier molecular flexibility index (Phi) is 3.39. The second kappa shape index (κ2) is 3.67. The highest BCUT2D eigenvalue weighted by Gasteiger charge is 2.39. The molecular weight excluding hydrogens is 158 g/mol. The number of carbonyl (C=O) groups excluding carboxylic acids is 1. The molecule has 1 atom stereocenters. The smallest absolute Gasteiger partial charge is 0.331 e. The number of nitrogens with two attached hydrogens (primary N) is 1. The van der Waals surface area contributed by atoms with E-state index in [0.717, 1.165) is 0 Å². The van der Waals surface area contributed by atoms with Crippen LogP contribution in [-0.4, -0.2) is 22.4 Å². The average molecular weight is 173 g/mol. The van der Waals surface area contributed by atoms with Crippen LogP contribution in [0.5, 0.6) is 0 Å². The van der Waals surface area contributed by atoms with Crippen LogP contribution in [0.15, 0.2) is 0 Å². The molecule has 0 aliphatic carbocycles. The van der Waals surface area contributed by atoms with Crippen molar-refractivity contribution in [3.05, 3.63) is 0 Å². The quantitative estimate of drug-likeness (QED) is 0.603. The first-order chi connectivity index (χ1) is 5.30. The van der Waals surface area contributed by atoms with Gasteiger partial charge in [0.1, 0.15) is 0 Å². The molecule has 0 rings (SSSR count). The van der Waals surface area contributed by atoms with Gasteiger partial charge in [-0.25, -0.2) is 4.79 Å². The predicted octanol–water partition coefficient (Wildman–Crippen LogP) is 0.404. The highest BCUT2D eigenvalue weighted by atomic mass is 16.4. The van der Waals surface area contributed by atoms with Gasteiger partial charge in [0.25, 0.3) is 0 Å². The molecule has 70 valence electrons. The van der Waals surface area contributed by atoms with E-state index in [1.54, 1.807) is 0 Å². The Morgan fingerprint density at radius 2 is 1.92 bits per heavy atom. The molecule has 0 aliphatic heterocycles. The van der Waals surface area contributed by atoms with E-state index in [0.29, 0.717) is 0 Å². The Hall–Kier alpha value is -0.900. The summed E-state index contributed by atoms with van der Waals surface area (Å²) in [7, 11) is 0. The van der Waals surface area contributed by atoms with Crippen molar-refractivity contribution in [3.8, 4) is 0 Å². The van der Waals surface area contributed by atoms with Crippen molar-refractivity contribution >= 4 is 11.8 Å². The van der Waals surface area contributed by atoms with Crippen LogP contribution in [0.25, 0.3) is 0 Å². The number of carboxylic acids is 1. The molecule has 0 amide bonds. The first-order valence-corrected chi connectivity index (χ1v) is 3.84. The molecular formula is C8H15NO3. The molecule has 0 heterocycles. The van der Waals surface area contributed by atoms with Gasteiger partial charge >= 0.3 is 5.97 Å². The Morgan fingerprint density at radius 1 is 1.50 bits per heavy atom. The highest BCUT2D eigenvalue weighted by Crippen LogP contribution is 2.15. The second-order valence-corrected chi connectivity index (χ2v) is 3.43. The fourth-order valence-corrected chi connectivity index (χ4v) is 1.03. The molecule has 4 heteroatoms. The molecule has 0 fully saturated rings. The summed E-state index contributed by atoms with van der Waals surface area (Å²) >= 11 is 0. The number of ketones is 1. The van der Waals surface area contributed by atoms with Gasteiger partial charge in [-0.1, -0.05) is 13.8 Å². The van der Waals surface area contributed by atoms with E-state index >= 15 is 0 Å². The maximum absolute atomic E-state index is 10.9. The molecule has 0 aromatic carbocycles. The van der Waals surface area contributed by atoms with E-state index in [1.165, 1.54) is 6.92 Å². The van der Waals surface area contributed by atoms with E-state index in [-0.39, 0.29) is 12.3 Å². The van der Waals surface area contributed by atoms with Gasteiger partial charge in [0.2, 0.25) is 0 Å². The fourth-order valence-electron chi connectivity index (χ4n) is 1.03. The van der Waals surface area contributed by atoms with Gasteiger partial charge < -0.3 is 10.8 Å². The van der Waals surface area contributed by atoms with Crippen molar-refractivity contribution in [1.82, 2.24) is 0 Å². The van der Waals surface area contributed by atoms with Crippen molar-refractivity contribution < 1.29 is 14.7 Å². The molecule has 0 unspecified atom stereocenters. The van der Waals surface area contributed by atoms with Gasteiger partial charge in [0.15, 0.2) is 11.3 Å². The van der Waals surface area contributed by atoms with E-state index in [2.05, 4.69) is 0 Å². The van der Waals surface area contributed by atoms with Crippen molar-refractivity contribution in [2.75, 3.05) is 0 Å². The summed E-state index contributed by atoms with van der Waals surface area (Å²) in [5.74, 6) is -1.65. The minimum absolute atomic E-state index is 0.0926. The predicted molar refractivity (Wildman–Crippen MR) is 44.7 cm³/mol. The highest BCUT2D eigenvalue weighted by molar-refractivity contribution is 6.06. The zero-order valence-electron chi connectivity index (χ0n) is 7.63. The third kappa shape index (κ3) is 2.30. The second-order valence-electron chi connectivity index (χ2n) is 3.43. The lowest BCUT2D eigenvalue weighted by atomic mass is 9.87. The summed E-state index contributed by atoms with van der Waals surface area (Å²) in [4.78, 5) is 21.6. The first kappa shape index (κ1) is 11.1. The van der Waals surface area contributed by atoms with Crippen molar-refractivity contribution in [3.63, 3.8) is 0 Å². The molecule has 0 saturated heterocycles. The summed E-state index contributed by atoms with van der Waals surface area (Å²) in [5, 5.41) is 8.71. The molecule has 12 heavy (non-hydrogen) atoms. The topological polar surface area (TPSA) is 80.4 Å². The van der Waals surface area contributed by atoms with Crippen LogP contribution in [0.2, 0.25) is 0 Å². The first-order valence-electron chi connectivity index (χ1n) is 3.84. The van der Waals surface area contributed by atoms with E-state index in [4.69, 9.17) is 10.8 Å². The molecule has 0 saturated carbocycles. The summed E-state index contributed by atoms with van der Waals surface area (Å²) < 4.78 is 0. The number of hydrogen-bond acceptors (Lipinski definition) is 3. The Morgan fingerprint density at radius 3 is 2.00 bits per heavy atom. The van der Waals surface area contributed by atoms with E-state index in [9.17, 15) is 9.59 Å². The molecule has 0 aromatic rings. The largest absolute Gasteiger partial charge is 0.480 e. The lowest BCUT2D eigenvalue weighted by molar-refractivity contribution is -0.148. The number of hydrogen-bond donors (Lipinski definition) is 2. The van der Waals surface area contributed by atoms with Crippen LogP contribution in [0.3, 0.4) is 0 Å². The maximum Gasteiger partial charge on any atom is 0.331 e. The molecule has 0 radical (unpaired) electrons. The molecule has 0 aromatic heterocycles. The zero-order chi connectivity index (χ0) is 9.94. The number of Topliss-reactive ketones (excluding diaryl/α,β-unsaturated/α-hetero) is 1. The third-order valence-electron chi connectivity index (χ3n) is 1.74.